The zero-order valence-electron chi connectivity index (χ0n) is 11.2. The highest BCUT2D eigenvalue weighted by molar-refractivity contribution is 5.91. The van der Waals surface area contributed by atoms with Crippen molar-refractivity contribution in [3.8, 4) is 5.75 Å². The van der Waals surface area contributed by atoms with E-state index in [1.807, 2.05) is 0 Å². The summed E-state index contributed by atoms with van der Waals surface area (Å²) in [5, 5.41) is 9.14. The van der Waals surface area contributed by atoms with Crippen LogP contribution in [-0.4, -0.2) is 26.6 Å². The molecule has 2 aromatic rings. The van der Waals surface area contributed by atoms with Crippen LogP contribution in [0.15, 0.2) is 18.5 Å². The predicted octanol–water partition coefficient (Wildman–Crippen LogP) is 2.93. The van der Waals surface area contributed by atoms with Crippen LogP contribution < -0.4 is 4.74 Å². The van der Waals surface area contributed by atoms with Crippen molar-refractivity contribution in [3.05, 3.63) is 29.7 Å². The molecule has 2 rings (SSSR count). The van der Waals surface area contributed by atoms with Gasteiger partial charge in [-0.1, -0.05) is 0 Å². The van der Waals surface area contributed by atoms with Crippen LogP contribution in [0.2, 0.25) is 0 Å². The maximum absolute atomic E-state index is 13.2. The molecule has 108 valence electrons. The first kappa shape index (κ1) is 14.2. The van der Waals surface area contributed by atoms with E-state index in [9.17, 15) is 13.6 Å². The van der Waals surface area contributed by atoms with E-state index in [1.165, 1.54) is 16.7 Å². The molecule has 0 aliphatic carbocycles. The zero-order valence-corrected chi connectivity index (χ0v) is 11.2. The number of halogens is 2. The lowest BCUT2D eigenvalue weighted by Crippen LogP contribution is -2.10. The average molecular weight is 284 g/mol. The zero-order chi connectivity index (χ0) is 15.1. The number of rotatable bonds is 4. The van der Waals surface area contributed by atoms with E-state index in [4.69, 9.17) is 9.84 Å². The summed E-state index contributed by atoms with van der Waals surface area (Å²) < 4.78 is 33.1. The van der Waals surface area contributed by atoms with Gasteiger partial charge in [-0.25, -0.2) is 9.78 Å². The minimum Gasteiger partial charge on any atom is -0.490 e. The topological polar surface area (TPSA) is 63.8 Å². The summed E-state index contributed by atoms with van der Waals surface area (Å²) in [6.45, 7) is 4.22. The number of nitrogens with zero attached hydrogens (tertiary/aromatic N) is 2. The van der Waals surface area contributed by atoms with Crippen molar-refractivity contribution in [2.45, 2.75) is 32.8 Å². The third-order valence-corrected chi connectivity index (χ3v) is 2.60. The number of hydrogen-bond acceptors (Lipinski definition) is 3. The average Bonchev–Trinajstić information content (AvgIpc) is 2.69. The molecule has 0 saturated heterocycles. The molecule has 0 bridgehead atoms. The highest BCUT2D eigenvalue weighted by Gasteiger charge is 2.28. The normalized spacial score (nSPS) is 12.1. The molecule has 0 aliphatic rings. The van der Waals surface area contributed by atoms with Gasteiger partial charge in [-0.05, 0) is 13.8 Å². The third-order valence-electron chi connectivity index (χ3n) is 2.60. The van der Waals surface area contributed by atoms with Crippen molar-refractivity contribution in [2.24, 2.45) is 0 Å². The number of ether oxygens (including phenoxy) is 1. The lowest BCUT2D eigenvalue weighted by molar-refractivity contribution is 0.0133. The summed E-state index contributed by atoms with van der Waals surface area (Å²) in [6, 6.07) is 1.35. The highest BCUT2D eigenvalue weighted by Crippen LogP contribution is 2.28. The number of aromatic nitrogens is 2. The standard InChI is InChI=1S/C13H14F2N2O3/c1-7(2)20-9-4-11-16-10(13(3,14)15)6-17(11)5-8(9)12(18)19/h4-7H,1-3H3,(H,18,19). The Kier molecular flexibility index (Phi) is 3.37. The second-order valence-corrected chi connectivity index (χ2v) is 4.80. The maximum atomic E-state index is 13.2. The third kappa shape index (κ3) is 2.71. The fourth-order valence-corrected chi connectivity index (χ4v) is 1.74. The van der Waals surface area contributed by atoms with Gasteiger partial charge >= 0.3 is 5.97 Å². The number of pyridine rings is 1. The SMILES string of the molecule is CC(C)Oc1cc2nc(C(C)(F)F)cn2cc1C(=O)O. The van der Waals surface area contributed by atoms with Gasteiger partial charge in [-0.3, -0.25) is 0 Å². The summed E-state index contributed by atoms with van der Waals surface area (Å²) in [4.78, 5) is 15.0. The largest absolute Gasteiger partial charge is 0.490 e. The predicted molar refractivity (Wildman–Crippen MR) is 67.5 cm³/mol. The molecule has 2 heterocycles. The molecule has 0 spiro atoms. The fourth-order valence-electron chi connectivity index (χ4n) is 1.74. The Hall–Kier alpha value is -2.18. The van der Waals surface area contributed by atoms with Crippen molar-refractivity contribution >= 4 is 11.6 Å². The Bertz CT molecular complexity index is 659. The van der Waals surface area contributed by atoms with E-state index in [0.29, 0.717) is 0 Å². The number of aromatic carboxylic acids is 1. The van der Waals surface area contributed by atoms with Crippen molar-refractivity contribution in [3.63, 3.8) is 0 Å². The molecule has 0 unspecified atom stereocenters. The Morgan fingerprint density at radius 3 is 2.60 bits per heavy atom. The van der Waals surface area contributed by atoms with E-state index < -0.39 is 17.6 Å². The van der Waals surface area contributed by atoms with Gasteiger partial charge < -0.3 is 14.2 Å². The number of hydrogen-bond donors (Lipinski definition) is 1. The summed E-state index contributed by atoms with van der Waals surface area (Å²) in [5.74, 6) is -4.17. The molecule has 1 N–H and O–H groups in total. The first-order valence-corrected chi connectivity index (χ1v) is 5.99. The van der Waals surface area contributed by atoms with Gasteiger partial charge in [0.05, 0.1) is 6.10 Å². The summed E-state index contributed by atoms with van der Waals surface area (Å²) in [6.07, 6.45) is 2.09. The maximum Gasteiger partial charge on any atom is 0.341 e. The van der Waals surface area contributed by atoms with Crippen LogP contribution in [0.5, 0.6) is 5.75 Å². The number of fused-ring (bicyclic) bond motifs is 1. The van der Waals surface area contributed by atoms with Gasteiger partial charge in [0.2, 0.25) is 0 Å². The minimum atomic E-state index is -3.09. The Labute approximate surface area is 113 Å². The molecular formula is C13H14F2N2O3. The molecule has 0 fully saturated rings. The number of alkyl halides is 2. The molecule has 7 heteroatoms. The van der Waals surface area contributed by atoms with E-state index >= 15 is 0 Å². The lowest BCUT2D eigenvalue weighted by Gasteiger charge is -2.12. The monoisotopic (exact) mass is 284 g/mol. The molecule has 2 aromatic heterocycles. The molecular weight excluding hydrogens is 270 g/mol. The van der Waals surface area contributed by atoms with Gasteiger partial charge in [0.1, 0.15) is 22.7 Å². The van der Waals surface area contributed by atoms with Gasteiger partial charge in [0.15, 0.2) is 0 Å². The smallest absolute Gasteiger partial charge is 0.341 e. The van der Waals surface area contributed by atoms with E-state index in [-0.39, 0.29) is 23.1 Å². The molecule has 0 amide bonds. The van der Waals surface area contributed by atoms with Crippen LogP contribution in [0.4, 0.5) is 8.78 Å². The van der Waals surface area contributed by atoms with Crippen LogP contribution in [0.1, 0.15) is 36.8 Å². The molecule has 0 aliphatic heterocycles. The van der Waals surface area contributed by atoms with Crippen molar-refractivity contribution in [1.29, 1.82) is 0 Å². The van der Waals surface area contributed by atoms with Gasteiger partial charge in [-0.15, -0.1) is 0 Å². The molecule has 0 atom stereocenters. The number of carboxylic acids is 1. The summed E-state index contributed by atoms with van der Waals surface area (Å²) in [5.41, 5.74) is -0.313. The highest BCUT2D eigenvalue weighted by atomic mass is 19.3. The Morgan fingerprint density at radius 1 is 1.45 bits per heavy atom. The molecule has 0 saturated carbocycles. The molecule has 20 heavy (non-hydrogen) atoms. The number of imidazole rings is 1. The van der Waals surface area contributed by atoms with Gasteiger partial charge in [-0.2, -0.15) is 8.78 Å². The lowest BCUT2D eigenvalue weighted by atomic mass is 10.2. The van der Waals surface area contributed by atoms with Crippen LogP contribution in [0, 0.1) is 0 Å². The molecule has 5 nitrogen and oxygen atoms in total. The van der Waals surface area contributed by atoms with Crippen molar-refractivity contribution in [1.82, 2.24) is 9.38 Å². The molecule has 0 aromatic carbocycles. The first-order valence-electron chi connectivity index (χ1n) is 5.99. The number of carboxylic acid groups (broad SMARTS) is 1. The van der Waals surface area contributed by atoms with Crippen LogP contribution >= 0.6 is 0 Å². The van der Waals surface area contributed by atoms with Crippen molar-refractivity contribution in [2.75, 3.05) is 0 Å². The summed E-state index contributed by atoms with van der Waals surface area (Å²) >= 11 is 0. The fraction of sp³-hybridized carbons (Fsp3) is 0.385. The van der Waals surface area contributed by atoms with Crippen LogP contribution in [0.3, 0.4) is 0 Å². The van der Waals surface area contributed by atoms with Crippen molar-refractivity contribution < 1.29 is 23.4 Å². The van der Waals surface area contributed by atoms with E-state index in [2.05, 4.69) is 4.98 Å². The minimum absolute atomic E-state index is 0.102. The summed E-state index contributed by atoms with van der Waals surface area (Å²) in [7, 11) is 0. The van der Waals surface area contributed by atoms with Gasteiger partial charge in [0, 0.05) is 25.4 Å². The Morgan fingerprint density at radius 2 is 2.10 bits per heavy atom. The quantitative estimate of drug-likeness (QED) is 0.937. The number of carbonyl (C=O) groups is 1. The van der Waals surface area contributed by atoms with E-state index in [0.717, 1.165) is 13.1 Å². The Balaban J connectivity index is 2.61. The first-order chi connectivity index (χ1) is 9.18. The second kappa shape index (κ2) is 4.73. The van der Waals surface area contributed by atoms with Crippen LogP contribution in [0.25, 0.3) is 5.65 Å². The second-order valence-electron chi connectivity index (χ2n) is 4.80. The van der Waals surface area contributed by atoms with Crippen LogP contribution in [-0.2, 0) is 5.92 Å². The molecule has 0 radical (unpaired) electrons. The van der Waals surface area contributed by atoms with E-state index in [1.54, 1.807) is 13.8 Å². The van der Waals surface area contributed by atoms with Gasteiger partial charge in [0.25, 0.3) is 5.92 Å².